The van der Waals surface area contributed by atoms with Gasteiger partial charge in [0.1, 0.15) is 0 Å². The van der Waals surface area contributed by atoms with Crippen molar-refractivity contribution in [2.24, 2.45) is 0 Å². The van der Waals surface area contributed by atoms with Gasteiger partial charge in [-0.15, -0.1) is 0 Å². The topological polar surface area (TPSA) is 0 Å². The number of rotatable bonds is 1. The predicted molar refractivity (Wildman–Crippen MR) is 113 cm³/mol. The summed E-state index contributed by atoms with van der Waals surface area (Å²) in [6.45, 7) is 0. The Balaban J connectivity index is 1.55. The van der Waals surface area contributed by atoms with E-state index in [1.165, 1.54) is 39.6 Å². The largest absolute Gasteiger partial charge is 0.416 e. The molecule has 142 valence electrons. The highest BCUT2D eigenvalue weighted by Crippen LogP contribution is 2.34. The predicted octanol–water partition coefficient (Wildman–Crippen LogP) is 7.60. The molecule has 5 rings (SSSR count). The normalized spacial score (nSPS) is 13.1. The Labute approximate surface area is 166 Å². The highest BCUT2D eigenvalue weighted by atomic mass is 19.4. The summed E-state index contributed by atoms with van der Waals surface area (Å²) in [6, 6.07) is 24.2. The average Bonchev–Trinajstić information content (AvgIpc) is 2.92. The first-order chi connectivity index (χ1) is 14.0. The van der Waals surface area contributed by atoms with Crippen LogP contribution >= 0.6 is 0 Å². The SMILES string of the molecule is FC(F)(F)c1ccc(-c2ccc3c(c2)C=Cc2c(ccc4ccccc24)C3)cc1. The Morgan fingerprint density at radius 3 is 2.17 bits per heavy atom. The molecule has 0 heterocycles. The van der Waals surface area contributed by atoms with Gasteiger partial charge < -0.3 is 0 Å². The van der Waals surface area contributed by atoms with E-state index in [0.29, 0.717) is 0 Å². The van der Waals surface area contributed by atoms with E-state index in [1.807, 2.05) is 12.1 Å². The minimum atomic E-state index is -4.32. The Bertz CT molecular complexity index is 1250. The number of hydrogen-bond donors (Lipinski definition) is 0. The highest BCUT2D eigenvalue weighted by molar-refractivity contribution is 5.95. The monoisotopic (exact) mass is 386 g/mol. The molecule has 0 bridgehead atoms. The third kappa shape index (κ3) is 3.23. The third-order valence-electron chi connectivity index (χ3n) is 5.56. The van der Waals surface area contributed by atoms with Gasteiger partial charge in [-0.2, -0.15) is 13.2 Å². The van der Waals surface area contributed by atoms with Crippen LogP contribution in [0.4, 0.5) is 13.2 Å². The molecule has 0 fully saturated rings. The molecule has 0 aliphatic heterocycles. The molecule has 1 aliphatic carbocycles. The summed E-state index contributed by atoms with van der Waals surface area (Å²) in [6.07, 6.45) is 0.778. The maximum atomic E-state index is 12.8. The lowest BCUT2D eigenvalue weighted by atomic mass is 9.94. The molecule has 29 heavy (non-hydrogen) atoms. The lowest BCUT2D eigenvalue weighted by Crippen LogP contribution is -2.04. The molecule has 0 saturated carbocycles. The molecular formula is C26H17F3. The van der Waals surface area contributed by atoms with E-state index in [9.17, 15) is 13.2 Å². The van der Waals surface area contributed by atoms with Gasteiger partial charge in [0.2, 0.25) is 0 Å². The van der Waals surface area contributed by atoms with Crippen LogP contribution in [0.1, 0.15) is 27.8 Å². The van der Waals surface area contributed by atoms with Crippen LogP contribution in [0, 0.1) is 0 Å². The van der Waals surface area contributed by atoms with Gasteiger partial charge in [-0.1, -0.05) is 72.8 Å². The zero-order chi connectivity index (χ0) is 20.0. The van der Waals surface area contributed by atoms with Crippen molar-refractivity contribution in [3.8, 4) is 11.1 Å². The van der Waals surface area contributed by atoms with Crippen LogP contribution in [0.2, 0.25) is 0 Å². The van der Waals surface area contributed by atoms with E-state index >= 15 is 0 Å². The third-order valence-corrected chi connectivity index (χ3v) is 5.56. The maximum absolute atomic E-state index is 12.8. The Hall–Kier alpha value is -3.33. The first-order valence-electron chi connectivity index (χ1n) is 9.48. The van der Waals surface area contributed by atoms with Crippen LogP contribution in [0.5, 0.6) is 0 Å². The highest BCUT2D eigenvalue weighted by Gasteiger charge is 2.30. The number of fused-ring (bicyclic) bond motifs is 4. The van der Waals surface area contributed by atoms with Gasteiger partial charge in [0, 0.05) is 0 Å². The summed E-state index contributed by atoms with van der Waals surface area (Å²) < 4.78 is 38.5. The number of alkyl halides is 3. The van der Waals surface area contributed by atoms with Crippen molar-refractivity contribution in [3.05, 3.63) is 107 Å². The van der Waals surface area contributed by atoms with Gasteiger partial charge in [-0.3, -0.25) is 0 Å². The van der Waals surface area contributed by atoms with E-state index in [1.54, 1.807) is 0 Å². The smallest absolute Gasteiger partial charge is 0.166 e. The second kappa shape index (κ2) is 6.63. The number of halogens is 3. The minimum absolute atomic E-state index is 0.627. The molecule has 0 N–H and O–H groups in total. The van der Waals surface area contributed by atoms with Crippen molar-refractivity contribution in [2.45, 2.75) is 12.6 Å². The van der Waals surface area contributed by atoms with E-state index in [-0.39, 0.29) is 0 Å². The van der Waals surface area contributed by atoms with Gasteiger partial charge in [-0.05, 0) is 68.8 Å². The molecule has 1 aliphatic rings. The van der Waals surface area contributed by atoms with Gasteiger partial charge in [0.05, 0.1) is 5.56 Å². The fourth-order valence-electron chi connectivity index (χ4n) is 4.01. The molecule has 0 nitrogen and oxygen atoms in total. The lowest BCUT2D eigenvalue weighted by molar-refractivity contribution is -0.137. The molecule has 0 saturated heterocycles. The molecule has 3 heteroatoms. The van der Waals surface area contributed by atoms with Gasteiger partial charge in [0.15, 0.2) is 0 Å². The molecule has 4 aromatic rings. The van der Waals surface area contributed by atoms with E-state index in [0.717, 1.165) is 35.2 Å². The molecule has 4 aromatic carbocycles. The quantitative estimate of drug-likeness (QED) is 0.278. The fraction of sp³-hybridized carbons (Fsp3) is 0.0769. The molecule has 0 radical (unpaired) electrons. The molecule has 0 spiro atoms. The zero-order valence-electron chi connectivity index (χ0n) is 15.5. The van der Waals surface area contributed by atoms with Crippen molar-refractivity contribution >= 4 is 22.9 Å². The minimum Gasteiger partial charge on any atom is -0.166 e. The van der Waals surface area contributed by atoms with Gasteiger partial charge >= 0.3 is 6.18 Å². The summed E-state index contributed by atoms with van der Waals surface area (Å²) in [5, 5.41) is 2.45. The maximum Gasteiger partial charge on any atom is 0.416 e. The lowest BCUT2D eigenvalue weighted by Gasteiger charge is -2.11. The second-order valence-electron chi connectivity index (χ2n) is 7.36. The number of benzene rings is 4. The first kappa shape index (κ1) is 17.7. The Kier molecular flexibility index (Phi) is 4.06. The summed E-state index contributed by atoms with van der Waals surface area (Å²) >= 11 is 0. The molecule has 0 aromatic heterocycles. The standard InChI is InChI=1S/C26H17F3/c27-26(28,29)23-12-9-17(10-13-23)19-6-7-20-16-22-8-5-18-3-1-2-4-24(18)25(22)14-11-21(20)15-19/h1-15H,16H2. The van der Waals surface area contributed by atoms with Crippen LogP contribution in [-0.4, -0.2) is 0 Å². The van der Waals surface area contributed by atoms with Crippen molar-refractivity contribution in [2.75, 3.05) is 0 Å². The Morgan fingerprint density at radius 2 is 1.38 bits per heavy atom. The van der Waals surface area contributed by atoms with Crippen molar-refractivity contribution in [3.63, 3.8) is 0 Å². The number of hydrogen-bond acceptors (Lipinski definition) is 0. The molecular weight excluding hydrogens is 369 g/mol. The van der Waals surface area contributed by atoms with Crippen LogP contribution in [0.15, 0.2) is 78.9 Å². The molecule has 0 unspecified atom stereocenters. The van der Waals surface area contributed by atoms with Gasteiger partial charge in [0.25, 0.3) is 0 Å². The van der Waals surface area contributed by atoms with Gasteiger partial charge in [-0.25, -0.2) is 0 Å². The molecule has 0 amide bonds. The summed E-state index contributed by atoms with van der Waals surface area (Å²) in [5.74, 6) is 0. The van der Waals surface area contributed by atoms with Crippen LogP contribution in [0.3, 0.4) is 0 Å². The van der Waals surface area contributed by atoms with Crippen molar-refractivity contribution < 1.29 is 13.2 Å². The summed E-state index contributed by atoms with van der Waals surface area (Å²) in [7, 11) is 0. The van der Waals surface area contributed by atoms with E-state index in [4.69, 9.17) is 0 Å². The van der Waals surface area contributed by atoms with Crippen LogP contribution in [0.25, 0.3) is 34.1 Å². The van der Waals surface area contributed by atoms with Crippen molar-refractivity contribution in [1.82, 2.24) is 0 Å². The summed E-state index contributed by atoms with van der Waals surface area (Å²) in [4.78, 5) is 0. The zero-order valence-corrected chi connectivity index (χ0v) is 15.5. The second-order valence-corrected chi connectivity index (χ2v) is 7.36. The van der Waals surface area contributed by atoms with E-state index < -0.39 is 11.7 Å². The first-order valence-corrected chi connectivity index (χ1v) is 9.48. The fourth-order valence-corrected chi connectivity index (χ4v) is 4.01. The van der Waals surface area contributed by atoms with Crippen molar-refractivity contribution in [1.29, 1.82) is 0 Å². The average molecular weight is 386 g/mol. The van der Waals surface area contributed by atoms with Crippen LogP contribution < -0.4 is 0 Å². The van der Waals surface area contributed by atoms with E-state index in [2.05, 4.69) is 54.6 Å². The molecule has 0 atom stereocenters. The van der Waals surface area contributed by atoms with Crippen LogP contribution in [-0.2, 0) is 12.6 Å². The summed E-state index contributed by atoms with van der Waals surface area (Å²) in [5.41, 5.74) is 5.89. The Morgan fingerprint density at radius 1 is 0.655 bits per heavy atom.